The van der Waals surface area contributed by atoms with Gasteiger partial charge in [-0.05, 0) is 97.2 Å². The summed E-state index contributed by atoms with van der Waals surface area (Å²) in [5.41, 5.74) is 2.04. The molecule has 5 rings (SSSR count). The summed E-state index contributed by atoms with van der Waals surface area (Å²) in [6, 6.07) is 0. The molecule has 33 heavy (non-hydrogen) atoms. The molecule has 5 aliphatic rings. The fourth-order valence-electron chi connectivity index (χ4n) is 10.7. The number of hydrogen-bond acceptors (Lipinski definition) is 3. The molecule has 10 atom stereocenters. The molecule has 3 heteroatoms. The summed E-state index contributed by atoms with van der Waals surface area (Å²) >= 11 is 0. The molecule has 0 spiro atoms. The second kappa shape index (κ2) is 7.10. The fourth-order valence-corrected chi connectivity index (χ4v) is 10.7. The molecule has 0 aromatic rings. The minimum Gasteiger partial charge on any atom is -0.396 e. The van der Waals surface area contributed by atoms with E-state index >= 15 is 0 Å². The highest BCUT2D eigenvalue weighted by Crippen LogP contribution is 2.75. The molecule has 188 valence electrons. The molecule has 3 nitrogen and oxygen atoms in total. The van der Waals surface area contributed by atoms with Gasteiger partial charge in [0.1, 0.15) is 0 Å². The van der Waals surface area contributed by atoms with Crippen LogP contribution in [0.25, 0.3) is 0 Å². The quantitative estimate of drug-likeness (QED) is 0.415. The van der Waals surface area contributed by atoms with E-state index in [9.17, 15) is 15.3 Å². The van der Waals surface area contributed by atoms with Gasteiger partial charge in [0, 0.05) is 10.8 Å². The van der Waals surface area contributed by atoms with Crippen LogP contribution in [0.1, 0.15) is 106 Å². The van der Waals surface area contributed by atoms with Crippen LogP contribution >= 0.6 is 0 Å². The first-order valence-electron chi connectivity index (χ1n) is 13.9. The molecule has 5 unspecified atom stereocenters. The Bertz CT molecular complexity index is 847. The Morgan fingerprint density at radius 3 is 2.15 bits per heavy atom. The van der Waals surface area contributed by atoms with Crippen LogP contribution in [0.2, 0.25) is 0 Å². The van der Waals surface area contributed by atoms with Gasteiger partial charge >= 0.3 is 0 Å². The Morgan fingerprint density at radius 1 is 0.788 bits per heavy atom. The Morgan fingerprint density at radius 2 is 1.48 bits per heavy atom. The summed E-state index contributed by atoms with van der Waals surface area (Å²) < 4.78 is 0. The van der Waals surface area contributed by atoms with Crippen LogP contribution in [-0.2, 0) is 0 Å². The van der Waals surface area contributed by atoms with Gasteiger partial charge in [0.25, 0.3) is 0 Å². The van der Waals surface area contributed by atoms with Crippen molar-refractivity contribution in [2.75, 3.05) is 6.61 Å². The number of rotatable bonds is 1. The topological polar surface area (TPSA) is 60.7 Å². The third-order valence-electron chi connectivity index (χ3n) is 13.2. The number of aliphatic hydroxyl groups is 3. The number of aliphatic hydroxyl groups excluding tert-OH is 3. The van der Waals surface area contributed by atoms with Gasteiger partial charge in [0.2, 0.25) is 0 Å². The lowest BCUT2D eigenvalue weighted by Gasteiger charge is -2.71. The standard InChI is InChI=1S/C30H50O3/c1-25(2)16-20-19-8-9-22-27(4)12-11-23(32)28(5,18-31)21(27)10-13-30(22,7)29(19,6)15-14-26(20,3)24(33)17-25/h8,20-24,31-33H,9-18H2,1-7H3/t20?,21?,22?,23?,24?,26-,27+,28-,29-,30-/m1/s1. The van der Waals surface area contributed by atoms with E-state index in [1.165, 1.54) is 19.3 Å². The predicted molar refractivity (Wildman–Crippen MR) is 134 cm³/mol. The maximum absolute atomic E-state index is 11.3. The largest absolute Gasteiger partial charge is 0.396 e. The average molecular weight is 459 g/mol. The number of allylic oxidation sites excluding steroid dienone is 2. The van der Waals surface area contributed by atoms with Crippen LogP contribution in [0.4, 0.5) is 0 Å². The molecule has 4 fully saturated rings. The zero-order chi connectivity index (χ0) is 24.2. The van der Waals surface area contributed by atoms with Gasteiger partial charge in [-0.1, -0.05) is 60.1 Å². The number of fused-ring (bicyclic) bond motifs is 7. The summed E-state index contributed by atoms with van der Waals surface area (Å²) in [6.07, 6.45) is 11.7. The van der Waals surface area contributed by atoms with Crippen molar-refractivity contribution < 1.29 is 15.3 Å². The monoisotopic (exact) mass is 458 g/mol. The van der Waals surface area contributed by atoms with Crippen molar-refractivity contribution in [3.05, 3.63) is 11.6 Å². The van der Waals surface area contributed by atoms with Gasteiger partial charge in [0.15, 0.2) is 0 Å². The third-order valence-corrected chi connectivity index (χ3v) is 13.2. The molecule has 0 radical (unpaired) electrons. The lowest BCUT2D eigenvalue weighted by atomic mass is 9.33. The molecular formula is C30H50O3. The van der Waals surface area contributed by atoms with Crippen molar-refractivity contribution in [3.63, 3.8) is 0 Å². The Labute approximate surface area is 202 Å². The maximum atomic E-state index is 11.3. The predicted octanol–water partition coefficient (Wildman–Crippen LogP) is 6.11. The second-order valence-corrected chi connectivity index (χ2v) is 15.2. The van der Waals surface area contributed by atoms with Crippen molar-refractivity contribution in [1.82, 2.24) is 0 Å². The minimum absolute atomic E-state index is 0.00950. The van der Waals surface area contributed by atoms with Crippen molar-refractivity contribution in [2.24, 2.45) is 50.2 Å². The fraction of sp³-hybridized carbons (Fsp3) is 0.933. The summed E-state index contributed by atoms with van der Waals surface area (Å²) in [6.45, 7) is 17.0. The van der Waals surface area contributed by atoms with Gasteiger partial charge in [0.05, 0.1) is 18.8 Å². The molecular weight excluding hydrogens is 408 g/mol. The zero-order valence-corrected chi connectivity index (χ0v) is 22.4. The van der Waals surface area contributed by atoms with E-state index in [1.54, 1.807) is 5.57 Å². The molecule has 0 amide bonds. The Hall–Kier alpha value is -0.380. The summed E-state index contributed by atoms with van der Waals surface area (Å²) in [5, 5.41) is 32.6. The third kappa shape index (κ3) is 2.91. The Kier molecular flexibility index (Phi) is 5.23. The molecule has 0 aromatic carbocycles. The Balaban J connectivity index is 1.58. The van der Waals surface area contributed by atoms with Gasteiger partial charge < -0.3 is 15.3 Å². The minimum atomic E-state index is -0.392. The van der Waals surface area contributed by atoms with E-state index in [-0.39, 0.29) is 45.2 Å². The first-order valence-corrected chi connectivity index (χ1v) is 13.9. The van der Waals surface area contributed by atoms with E-state index in [2.05, 4.69) is 54.5 Å². The van der Waals surface area contributed by atoms with E-state index in [0.29, 0.717) is 17.8 Å². The van der Waals surface area contributed by atoms with Crippen molar-refractivity contribution >= 4 is 0 Å². The highest BCUT2D eigenvalue weighted by Gasteiger charge is 2.69. The lowest BCUT2D eigenvalue weighted by molar-refractivity contribution is -0.218. The van der Waals surface area contributed by atoms with Crippen LogP contribution in [-0.4, -0.2) is 34.1 Å². The average Bonchev–Trinajstić information content (AvgIpc) is 2.73. The van der Waals surface area contributed by atoms with E-state index in [1.807, 2.05) is 0 Å². The van der Waals surface area contributed by atoms with Crippen molar-refractivity contribution in [1.29, 1.82) is 0 Å². The van der Waals surface area contributed by atoms with Gasteiger partial charge in [-0.25, -0.2) is 0 Å². The smallest absolute Gasteiger partial charge is 0.0618 e. The zero-order valence-electron chi connectivity index (χ0n) is 22.4. The maximum Gasteiger partial charge on any atom is 0.0618 e. The normalized spacial score (nSPS) is 57.8. The number of hydrogen-bond donors (Lipinski definition) is 3. The second-order valence-electron chi connectivity index (χ2n) is 15.2. The van der Waals surface area contributed by atoms with Crippen LogP contribution in [0.3, 0.4) is 0 Å². The van der Waals surface area contributed by atoms with Gasteiger partial charge in [-0.3, -0.25) is 0 Å². The molecule has 0 aliphatic heterocycles. The van der Waals surface area contributed by atoms with E-state index in [4.69, 9.17) is 0 Å². The van der Waals surface area contributed by atoms with Gasteiger partial charge in [-0.2, -0.15) is 0 Å². The summed E-state index contributed by atoms with van der Waals surface area (Å²) in [5.74, 6) is 1.44. The SMILES string of the molecule is CC1(C)CC(O)[C@]2(C)CC[C@]3(C)C(=CCC4[C@@]5(C)CCC(O)[C@](C)(CO)C5CC[C@]43C)C2C1. The van der Waals surface area contributed by atoms with Crippen molar-refractivity contribution in [2.45, 2.75) is 118 Å². The molecule has 0 saturated heterocycles. The summed E-state index contributed by atoms with van der Waals surface area (Å²) in [7, 11) is 0. The molecule has 5 aliphatic carbocycles. The highest BCUT2D eigenvalue weighted by molar-refractivity contribution is 5.34. The highest BCUT2D eigenvalue weighted by atomic mass is 16.3. The van der Waals surface area contributed by atoms with Gasteiger partial charge in [-0.15, -0.1) is 0 Å². The molecule has 3 N–H and O–H groups in total. The van der Waals surface area contributed by atoms with Crippen LogP contribution < -0.4 is 0 Å². The van der Waals surface area contributed by atoms with Crippen LogP contribution in [0, 0.1) is 50.2 Å². The van der Waals surface area contributed by atoms with Crippen LogP contribution in [0.5, 0.6) is 0 Å². The lowest BCUT2D eigenvalue weighted by Crippen LogP contribution is -2.66. The first-order chi connectivity index (χ1) is 15.2. The van der Waals surface area contributed by atoms with E-state index in [0.717, 1.165) is 38.5 Å². The van der Waals surface area contributed by atoms with E-state index < -0.39 is 6.10 Å². The molecule has 0 bridgehead atoms. The van der Waals surface area contributed by atoms with Crippen LogP contribution in [0.15, 0.2) is 11.6 Å². The summed E-state index contributed by atoms with van der Waals surface area (Å²) in [4.78, 5) is 0. The van der Waals surface area contributed by atoms with Crippen molar-refractivity contribution in [3.8, 4) is 0 Å². The molecule has 4 saturated carbocycles. The first kappa shape index (κ1) is 24.3. The molecule has 0 aromatic heterocycles. The molecule has 0 heterocycles.